The molecule has 1 saturated heterocycles. The second-order valence-electron chi connectivity index (χ2n) is 4.09. The van der Waals surface area contributed by atoms with Gasteiger partial charge in [0.1, 0.15) is 6.04 Å². The lowest BCUT2D eigenvalue weighted by atomic mass is 10.0. The van der Waals surface area contributed by atoms with Crippen molar-refractivity contribution in [3.63, 3.8) is 0 Å². The van der Waals surface area contributed by atoms with E-state index in [1.807, 2.05) is 42.3 Å². The number of carbonyl (C=O) groups excluding carboxylic acids is 1. The molecule has 0 bridgehead atoms. The van der Waals surface area contributed by atoms with E-state index in [0.29, 0.717) is 0 Å². The number of rotatable bonds is 2. The maximum absolute atomic E-state index is 11.8. The third-order valence-corrected chi connectivity index (χ3v) is 2.95. The first-order chi connectivity index (χ1) is 7.68. The topological polar surface area (TPSA) is 32.3 Å². The minimum Gasteiger partial charge on any atom is -0.363 e. The zero-order valence-corrected chi connectivity index (χ0v) is 9.44. The highest BCUT2D eigenvalue weighted by Crippen LogP contribution is 2.21. The Morgan fingerprint density at radius 2 is 2.06 bits per heavy atom. The van der Waals surface area contributed by atoms with E-state index < -0.39 is 0 Å². The first-order valence-corrected chi connectivity index (χ1v) is 5.45. The quantitative estimate of drug-likeness (QED) is 0.819. The van der Waals surface area contributed by atoms with E-state index in [9.17, 15) is 4.79 Å². The second-order valence-corrected chi connectivity index (χ2v) is 4.09. The molecule has 16 heavy (non-hydrogen) atoms. The molecule has 1 heterocycles. The van der Waals surface area contributed by atoms with Gasteiger partial charge in [0.05, 0.1) is 0 Å². The van der Waals surface area contributed by atoms with E-state index in [4.69, 9.17) is 0 Å². The molecule has 2 rings (SSSR count). The van der Waals surface area contributed by atoms with E-state index in [1.54, 1.807) is 0 Å². The Balaban J connectivity index is 2.13. The smallest absolute Gasteiger partial charge is 0.246 e. The molecule has 0 radical (unpaired) electrons. The fourth-order valence-electron chi connectivity index (χ4n) is 1.97. The summed E-state index contributed by atoms with van der Waals surface area (Å²) in [5, 5.41) is 2.80. The molecular formula is C13H16N2O. The highest BCUT2D eigenvalue weighted by Gasteiger charge is 2.27. The highest BCUT2D eigenvalue weighted by molar-refractivity contribution is 5.87. The number of nitrogens with zero attached hydrogens (tertiary/aromatic N) is 1. The number of benzene rings is 1. The Bertz CT molecular complexity index is 400. The van der Waals surface area contributed by atoms with Gasteiger partial charge in [-0.25, -0.2) is 0 Å². The molecule has 1 fully saturated rings. The second kappa shape index (κ2) is 4.39. The molecule has 1 atom stereocenters. The summed E-state index contributed by atoms with van der Waals surface area (Å²) in [7, 11) is 1.95. The molecule has 1 aromatic rings. The van der Waals surface area contributed by atoms with Crippen molar-refractivity contribution >= 4 is 11.6 Å². The molecule has 1 unspecified atom stereocenters. The number of hydrogen-bond acceptors (Lipinski definition) is 2. The molecule has 1 amide bonds. The van der Waals surface area contributed by atoms with Gasteiger partial charge in [0.15, 0.2) is 0 Å². The molecule has 0 saturated carbocycles. The van der Waals surface area contributed by atoms with Crippen molar-refractivity contribution in [3.8, 4) is 0 Å². The summed E-state index contributed by atoms with van der Waals surface area (Å²) in [6, 6.07) is 9.86. The van der Waals surface area contributed by atoms with Crippen LogP contribution in [-0.4, -0.2) is 19.0 Å². The minimum atomic E-state index is -0.0899. The number of anilines is 1. The molecule has 84 valence electrons. The van der Waals surface area contributed by atoms with Crippen LogP contribution < -0.4 is 10.2 Å². The maximum Gasteiger partial charge on any atom is 0.246 e. The molecule has 1 aliphatic heterocycles. The Hall–Kier alpha value is -1.77. The van der Waals surface area contributed by atoms with Crippen molar-refractivity contribution in [3.05, 3.63) is 42.6 Å². The molecule has 3 heteroatoms. The van der Waals surface area contributed by atoms with Crippen LogP contribution in [-0.2, 0) is 4.79 Å². The number of likely N-dealkylation sites (N-methyl/N-ethyl adjacent to an activating group) is 1. The SMILES string of the molecule is C=C1CCC(N(C)c2ccccc2)C(=O)N1. The normalized spacial score (nSPS) is 20.4. The number of piperidine rings is 1. The van der Waals surface area contributed by atoms with E-state index >= 15 is 0 Å². The lowest BCUT2D eigenvalue weighted by molar-refractivity contribution is -0.122. The summed E-state index contributed by atoms with van der Waals surface area (Å²) < 4.78 is 0. The zero-order valence-electron chi connectivity index (χ0n) is 9.44. The fourth-order valence-corrected chi connectivity index (χ4v) is 1.97. The van der Waals surface area contributed by atoms with Gasteiger partial charge in [-0.3, -0.25) is 4.79 Å². The molecule has 1 aliphatic rings. The standard InChI is InChI=1S/C13H16N2O/c1-10-8-9-12(13(16)14-10)15(2)11-6-4-3-5-7-11/h3-7,12H,1,8-9H2,2H3,(H,14,16). The van der Waals surface area contributed by atoms with E-state index in [-0.39, 0.29) is 11.9 Å². The van der Waals surface area contributed by atoms with Crippen LogP contribution >= 0.6 is 0 Å². The highest BCUT2D eigenvalue weighted by atomic mass is 16.2. The van der Waals surface area contributed by atoms with Crippen LogP contribution in [0, 0.1) is 0 Å². The molecular weight excluding hydrogens is 200 g/mol. The van der Waals surface area contributed by atoms with Crippen molar-refractivity contribution in [1.29, 1.82) is 0 Å². The number of allylic oxidation sites excluding steroid dienone is 1. The Morgan fingerprint density at radius 3 is 2.69 bits per heavy atom. The summed E-state index contributed by atoms with van der Waals surface area (Å²) in [6.45, 7) is 3.78. The van der Waals surface area contributed by atoms with Crippen LogP contribution in [0.3, 0.4) is 0 Å². The van der Waals surface area contributed by atoms with Crippen LogP contribution in [0.4, 0.5) is 5.69 Å². The van der Waals surface area contributed by atoms with Gasteiger partial charge in [-0.05, 0) is 25.0 Å². The third-order valence-electron chi connectivity index (χ3n) is 2.95. The average Bonchev–Trinajstić information content (AvgIpc) is 2.29. The van der Waals surface area contributed by atoms with E-state index in [1.165, 1.54) is 0 Å². The molecule has 3 nitrogen and oxygen atoms in total. The number of para-hydroxylation sites is 1. The lowest BCUT2D eigenvalue weighted by Crippen LogP contribution is -2.48. The predicted molar refractivity (Wildman–Crippen MR) is 65.1 cm³/mol. The van der Waals surface area contributed by atoms with Gasteiger partial charge in [-0.2, -0.15) is 0 Å². The molecule has 0 spiro atoms. The predicted octanol–water partition coefficient (Wildman–Crippen LogP) is 1.92. The maximum atomic E-state index is 11.8. The van der Waals surface area contributed by atoms with Gasteiger partial charge in [0, 0.05) is 18.4 Å². The van der Waals surface area contributed by atoms with Crippen molar-refractivity contribution in [2.24, 2.45) is 0 Å². The summed E-state index contributed by atoms with van der Waals surface area (Å²) in [6.07, 6.45) is 1.68. The summed E-state index contributed by atoms with van der Waals surface area (Å²) in [4.78, 5) is 13.8. The van der Waals surface area contributed by atoms with Crippen molar-refractivity contribution in [2.45, 2.75) is 18.9 Å². The van der Waals surface area contributed by atoms with Crippen molar-refractivity contribution in [1.82, 2.24) is 5.32 Å². The molecule has 0 aliphatic carbocycles. The zero-order chi connectivity index (χ0) is 11.5. The largest absolute Gasteiger partial charge is 0.363 e. The summed E-state index contributed by atoms with van der Waals surface area (Å²) >= 11 is 0. The van der Waals surface area contributed by atoms with E-state index in [0.717, 1.165) is 24.2 Å². The summed E-state index contributed by atoms with van der Waals surface area (Å²) in [5.74, 6) is 0.0441. The minimum absolute atomic E-state index is 0.0441. The van der Waals surface area contributed by atoms with Crippen LogP contribution in [0.15, 0.2) is 42.6 Å². The van der Waals surface area contributed by atoms with Crippen LogP contribution in [0.1, 0.15) is 12.8 Å². The van der Waals surface area contributed by atoms with Gasteiger partial charge in [0.25, 0.3) is 0 Å². The van der Waals surface area contributed by atoms with E-state index in [2.05, 4.69) is 11.9 Å². The molecule has 1 aromatic carbocycles. The molecule has 0 aromatic heterocycles. The van der Waals surface area contributed by atoms with Crippen molar-refractivity contribution in [2.75, 3.05) is 11.9 Å². The Morgan fingerprint density at radius 1 is 1.38 bits per heavy atom. The van der Waals surface area contributed by atoms with Crippen LogP contribution in [0.25, 0.3) is 0 Å². The lowest BCUT2D eigenvalue weighted by Gasteiger charge is -2.32. The van der Waals surface area contributed by atoms with Crippen molar-refractivity contribution < 1.29 is 4.79 Å². The first kappa shape index (κ1) is 10.7. The third kappa shape index (κ3) is 2.08. The molecule has 1 N–H and O–H groups in total. The summed E-state index contributed by atoms with van der Waals surface area (Å²) in [5.41, 5.74) is 1.89. The van der Waals surface area contributed by atoms with Gasteiger partial charge in [0.2, 0.25) is 5.91 Å². The number of nitrogens with one attached hydrogen (secondary N) is 1. The number of carbonyl (C=O) groups is 1. The monoisotopic (exact) mass is 216 g/mol. The average molecular weight is 216 g/mol. The van der Waals surface area contributed by atoms with Gasteiger partial charge in [-0.1, -0.05) is 24.8 Å². The van der Waals surface area contributed by atoms with Gasteiger partial charge >= 0.3 is 0 Å². The van der Waals surface area contributed by atoms with Crippen LogP contribution in [0.5, 0.6) is 0 Å². The fraction of sp³-hybridized carbons (Fsp3) is 0.308. The van der Waals surface area contributed by atoms with Gasteiger partial charge < -0.3 is 10.2 Å². The number of hydrogen-bond donors (Lipinski definition) is 1. The van der Waals surface area contributed by atoms with Gasteiger partial charge in [-0.15, -0.1) is 0 Å². The number of amides is 1. The van der Waals surface area contributed by atoms with Crippen LogP contribution in [0.2, 0.25) is 0 Å². The Kier molecular flexibility index (Phi) is 2.95. The first-order valence-electron chi connectivity index (χ1n) is 5.45. The Labute approximate surface area is 95.8 Å².